The number of aliphatic carboxylic acids is 2. The van der Waals surface area contributed by atoms with Gasteiger partial charge in [-0.3, -0.25) is 29.0 Å². The average Bonchev–Trinajstić information content (AvgIpc) is 2.72. The Morgan fingerprint density at radius 1 is 0.800 bits per heavy atom. The zero-order chi connectivity index (χ0) is 27.3. The minimum Gasteiger partial charge on any atom is -0.481 e. The molecule has 0 aliphatic carbocycles. The van der Waals surface area contributed by atoms with E-state index in [1.165, 1.54) is 0 Å². The Balaban J connectivity index is 5.68. The first-order valence-electron chi connectivity index (χ1n) is 10.6. The predicted molar refractivity (Wildman–Crippen MR) is 122 cm³/mol. The number of nitrogens with two attached hydrogens (primary N) is 4. The molecule has 35 heavy (non-hydrogen) atoms. The average molecular weight is 503 g/mol. The molecule has 16 heteroatoms. The topological polar surface area (TPSA) is 295 Å². The van der Waals surface area contributed by atoms with Gasteiger partial charge in [0, 0.05) is 6.54 Å². The van der Waals surface area contributed by atoms with Crippen molar-refractivity contribution in [3.05, 3.63) is 0 Å². The Morgan fingerprint density at radius 3 is 1.77 bits per heavy atom. The van der Waals surface area contributed by atoms with Gasteiger partial charge in [-0.25, -0.2) is 4.79 Å². The molecule has 0 radical (unpaired) electrons. The van der Waals surface area contributed by atoms with E-state index in [2.05, 4.69) is 20.9 Å². The number of carbonyl (C=O) groups is 6. The van der Waals surface area contributed by atoms with E-state index in [1.807, 2.05) is 0 Å². The molecule has 4 atom stereocenters. The Hall–Kier alpha value is -3.95. The summed E-state index contributed by atoms with van der Waals surface area (Å²) in [7, 11) is 0. The Morgan fingerprint density at radius 2 is 1.31 bits per heavy atom. The van der Waals surface area contributed by atoms with E-state index in [0.717, 1.165) is 0 Å². The van der Waals surface area contributed by atoms with E-state index in [0.29, 0.717) is 0 Å². The number of aliphatic imine (C=N–C) groups is 1. The molecule has 0 saturated heterocycles. The molecule has 0 saturated carbocycles. The highest BCUT2D eigenvalue weighted by Gasteiger charge is 2.32. The van der Waals surface area contributed by atoms with Crippen LogP contribution in [-0.4, -0.2) is 82.5 Å². The van der Waals surface area contributed by atoms with E-state index < -0.39 is 72.6 Å². The van der Waals surface area contributed by atoms with E-state index in [4.69, 9.17) is 28.0 Å². The van der Waals surface area contributed by atoms with Crippen molar-refractivity contribution in [3.8, 4) is 0 Å². The summed E-state index contributed by atoms with van der Waals surface area (Å²) in [6, 6.07) is -5.67. The standard InChI is InChI=1S/C19H34N8O8/c1-8(2)14(21)17(33)26-10(7-13(29)30)16(32)25-9(4-3-5-24-19(22)23)15(31)27-11(18(34)35)6-12(20)28/h8-11,14H,3-7,21H2,1-2H3,(H2,20,28)(H,25,32)(H,26,33)(H,27,31)(H,29,30)(H,34,35)(H4,22,23,24). The smallest absolute Gasteiger partial charge is 0.326 e. The van der Waals surface area contributed by atoms with Crippen molar-refractivity contribution < 1.29 is 39.0 Å². The van der Waals surface area contributed by atoms with E-state index in [9.17, 15) is 33.9 Å². The summed E-state index contributed by atoms with van der Waals surface area (Å²) in [5.41, 5.74) is 21.2. The molecule has 0 heterocycles. The summed E-state index contributed by atoms with van der Waals surface area (Å²) in [4.78, 5) is 75.2. The highest BCUT2D eigenvalue weighted by atomic mass is 16.4. The first-order valence-corrected chi connectivity index (χ1v) is 10.6. The van der Waals surface area contributed by atoms with Crippen molar-refractivity contribution in [1.29, 1.82) is 0 Å². The Kier molecular flexibility index (Phi) is 13.4. The molecule has 0 aliphatic heterocycles. The highest BCUT2D eigenvalue weighted by Crippen LogP contribution is 2.05. The lowest BCUT2D eigenvalue weighted by molar-refractivity contribution is -0.144. The van der Waals surface area contributed by atoms with E-state index in [1.54, 1.807) is 13.8 Å². The molecule has 0 aromatic heterocycles. The molecule has 0 fully saturated rings. The van der Waals surface area contributed by atoms with Crippen molar-refractivity contribution in [1.82, 2.24) is 16.0 Å². The molecular formula is C19H34N8O8. The van der Waals surface area contributed by atoms with Gasteiger partial charge in [-0.1, -0.05) is 13.8 Å². The van der Waals surface area contributed by atoms with Gasteiger partial charge in [0.2, 0.25) is 23.6 Å². The third kappa shape index (κ3) is 12.8. The van der Waals surface area contributed by atoms with Crippen LogP contribution in [0.4, 0.5) is 0 Å². The van der Waals surface area contributed by atoms with Crippen molar-refractivity contribution in [2.24, 2.45) is 33.8 Å². The summed E-state index contributed by atoms with van der Waals surface area (Å²) >= 11 is 0. The summed E-state index contributed by atoms with van der Waals surface area (Å²) in [6.45, 7) is 3.36. The third-order valence-electron chi connectivity index (χ3n) is 4.63. The molecule has 0 aliphatic rings. The first-order chi connectivity index (χ1) is 16.1. The maximum Gasteiger partial charge on any atom is 0.326 e. The minimum absolute atomic E-state index is 0.0597. The highest BCUT2D eigenvalue weighted by molar-refractivity contribution is 5.96. The number of nitrogens with one attached hydrogen (secondary N) is 3. The van der Waals surface area contributed by atoms with Gasteiger partial charge in [-0.15, -0.1) is 0 Å². The molecule has 0 aromatic carbocycles. The molecule has 198 valence electrons. The minimum atomic E-state index is -1.67. The number of amides is 4. The van der Waals surface area contributed by atoms with E-state index in [-0.39, 0.29) is 31.3 Å². The lowest BCUT2D eigenvalue weighted by Crippen LogP contribution is -2.58. The summed E-state index contributed by atoms with van der Waals surface area (Å²) in [5, 5.41) is 25.0. The second-order valence-electron chi connectivity index (χ2n) is 8.01. The van der Waals surface area contributed by atoms with Gasteiger partial charge in [-0.05, 0) is 18.8 Å². The van der Waals surface area contributed by atoms with Crippen LogP contribution in [0.5, 0.6) is 0 Å². The molecule has 0 spiro atoms. The van der Waals surface area contributed by atoms with Crippen LogP contribution >= 0.6 is 0 Å². The fourth-order valence-electron chi connectivity index (χ4n) is 2.67. The number of nitrogens with zero attached hydrogens (tertiary/aromatic N) is 1. The number of guanidine groups is 1. The van der Waals surface area contributed by atoms with Crippen LogP contribution in [0.3, 0.4) is 0 Å². The van der Waals surface area contributed by atoms with Crippen LogP contribution in [-0.2, 0) is 28.8 Å². The Bertz CT molecular complexity index is 828. The number of primary amides is 1. The quantitative estimate of drug-likeness (QED) is 0.0555. The molecule has 0 aromatic rings. The molecular weight excluding hydrogens is 468 g/mol. The van der Waals surface area contributed by atoms with Gasteiger partial charge in [0.1, 0.15) is 18.1 Å². The molecule has 4 amide bonds. The first kappa shape index (κ1) is 31.0. The molecule has 13 N–H and O–H groups in total. The summed E-state index contributed by atoms with van der Waals surface area (Å²) < 4.78 is 0. The van der Waals surface area contributed by atoms with E-state index >= 15 is 0 Å². The SMILES string of the molecule is CC(C)C(N)C(=O)NC(CC(=O)O)C(=O)NC(CCCN=C(N)N)C(=O)NC(CC(N)=O)C(=O)O. The second-order valence-corrected chi connectivity index (χ2v) is 8.01. The van der Waals surface area contributed by atoms with Crippen LogP contribution in [0.15, 0.2) is 4.99 Å². The maximum absolute atomic E-state index is 12.8. The van der Waals surface area contributed by atoms with Crippen LogP contribution in [0.2, 0.25) is 0 Å². The molecule has 4 unspecified atom stereocenters. The van der Waals surface area contributed by atoms with Crippen molar-refractivity contribution in [2.45, 2.75) is 63.7 Å². The maximum atomic E-state index is 12.8. The van der Waals surface area contributed by atoms with Crippen molar-refractivity contribution in [2.75, 3.05) is 6.54 Å². The zero-order valence-corrected chi connectivity index (χ0v) is 19.5. The number of carboxylic acids is 2. The fraction of sp³-hybridized carbons (Fsp3) is 0.632. The largest absolute Gasteiger partial charge is 0.481 e. The third-order valence-corrected chi connectivity index (χ3v) is 4.63. The summed E-state index contributed by atoms with van der Waals surface area (Å²) in [5.74, 6) is -7.26. The van der Waals surface area contributed by atoms with Gasteiger partial charge >= 0.3 is 11.9 Å². The number of hydrogen-bond donors (Lipinski definition) is 9. The molecule has 16 nitrogen and oxygen atoms in total. The van der Waals surface area contributed by atoms with Crippen molar-refractivity contribution in [3.63, 3.8) is 0 Å². The number of rotatable bonds is 16. The lowest BCUT2D eigenvalue weighted by atomic mass is 10.0. The number of hydrogen-bond acceptors (Lipinski definition) is 8. The van der Waals surface area contributed by atoms with Gasteiger partial charge in [-0.2, -0.15) is 0 Å². The van der Waals surface area contributed by atoms with Crippen LogP contribution in [0.1, 0.15) is 39.5 Å². The van der Waals surface area contributed by atoms with Crippen molar-refractivity contribution >= 4 is 41.5 Å². The lowest BCUT2D eigenvalue weighted by Gasteiger charge is -2.25. The summed E-state index contributed by atoms with van der Waals surface area (Å²) in [6.07, 6.45) is -1.47. The van der Waals surface area contributed by atoms with Gasteiger partial charge in [0.15, 0.2) is 5.96 Å². The Labute approximate surface area is 201 Å². The van der Waals surface area contributed by atoms with Crippen LogP contribution in [0.25, 0.3) is 0 Å². The monoisotopic (exact) mass is 502 g/mol. The second kappa shape index (κ2) is 15.0. The molecule has 0 bridgehead atoms. The fourth-order valence-corrected chi connectivity index (χ4v) is 2.67. The van der Waals surface area contributed by atoms with Gasteiger partial charge in [0.05, 0.1) is 18.9 Å². The zero-order valence-electron chi connectivity index (χ0n) is 19.5. The number of carboxylic acid groups (broad SMARTS) is 2. The number of carbonyl (C=O) groups excluding carboxylic acids is 4. The normalized spacial score (nSPS) is 14.1. The van der Waals surface area contributed by atoms with Crippen LogP contribution in [0, 0.1) is 5.92 Å². The predicted octanol–water partition coefficient (Wildman–Crippen LogP) is -4.09. The van der Waals surface area contributed by atoms with Gasteiger partial charge < -0.3 is 49.1 Å². The van der Waals surface area contributed by atoms with Crippen LogP contribution < -0.4 is 38.9 Å². The van der Waals surface area contributed by atoms with Gasteiger partial charge in [0.25, 0.3) is 0 Å². The molecule has 0 rings (SSSR count).